The molecule has 1 aromatic carbocycles. The molecule has 1 saturated heterocycles. The Morgan fingerprint density at radius 1 is 1.03 bits per heavy atom. The molecule has 0 unspecified atom stereocenters. The van der Waals surface area contributed by atoms with Crippen LogP contribution in [-0.2, 0) is 11.2 Å². The van der Waals surface area contributed by atoms with Crippen molar-refractivity contribution in [3.63, 3.8) is 0 Å². The van der Waals surface area contributed by atoms with Gasteiger partial charge >= 0.3 is 0 Å². The van der Waals surface area contributed by atoms with Crippen molar-refractivity contribution in [3.05, 3.63) is 41.6 Å². The summed E-state index contributed by atoms with van der Waals surface area (Å²) in [4.78, 5) is 27.2. The van der Waals surface area contributed by atoms with E-state index in [0.717, 1.165) is 85.7 Å². The molecule has 0 saturated carbocycles. The molecule has 0 bridgehead atoms. The highest BCUT2D eigenvalue weighted by atomic mass is 19.1. The monoisotopic (exact) mass is 480 g/mol. The molecule has 7 nitrogen and oxygen atoms in total. The Morgan fingerprint density at radius 2 is 1.74 bits per heavy atom. The summed E-state index contributed by atoms with van der Waals surface area (Å²) in [6, 6.07) is 6.31. The number of aryl methyl sites for hydroxylation is 2. The molecular formula is C27H37FN6O. The molecule has 1 amide bonds. The average Bonchev–Trinajstić information content (AvgIpc) is 3.21. The molecule has 1 atom stereocenters. The molecule has 1 aliphatic rings. The number of hydrogen-bond acceptors (Lipinski definition) is 5. The highest BCUT2D eigenvalue weighted by Gasteiger charge is 2.29. The number of carbonyl (C=O) groups excluding carboxylic acids is 1. The van der Waals surface area contributed by atoms with Gasteiger partial charge in [0.05, 0.1) is 16.8 Å². The van der Waals surface area contributed by atoms with E-state index in [0.29, 0.717) is 19.0 Å². The lowest BCUT2D eigenvalue weighted by atomic mass is 9.97. The Labute approximate surface area is 207 Å². The van der Waals surface area contributed by atoms with Crippen LogP contribution in [0.1, 0.15) is 64.4 Å². The largest absolute Gasteiger partial charge is 0.352 e. The summed E-state index contributed by atoms with van der Waals surface area (Å²) in [5, 5.41) is 5.67. The van der Waals surface area contributed by atoms with Crippen LogP contribution in [0.5, 0.6) is 0 Å². The number of nitrogens with zero attached hydrogens (tertiary/aromatic N) is 6. The zero-order valence-corrected chi connectivity index (χ0v) is 21.4. The Bertz CT molecular complexity index is 1150. The van der Waals surface area contributed by atoms with Gasteiger partial charge in [-0.15, -0.1) is 0 Å². The molecule has 1 aliphatic heterocycles. The molecule has 3 heterocycles. The second-order valence-electron chi connectivity index (χ2n) is 9.45. The number of hydrogen-bond donors (Lipinski definition) is 0. The average molecular weight is 481 g/mol. The SMILES string of the molecule is CCCC[C@H](CC)C(=O)N1CCN(c2nc(CCC)nc3c2c(C)nn3-c2ccc(F)cc2)CC1. The lowest BCUT2D eigenvalue weighted by Gasteiger charge is -2.37. The third-order valence-electron chi connectivity index (χ3n) is 6.91. The number of carbonyl (C=O) groups is 1. The van der Waals surface area contributed by atoms with Gasteiger partial charge in [0.1, 0.15) is 17.5 Å². The maximum atomic E-state index is 13.5. The Morgan fingerprint density at radius 3 is 2.37 bits per heavy atom. The number of aromatic nitrogens is 4. The van der Waals surface area contributed by atoms with Gasteiger partial charge in [0.15, 0.2) is 5.65 Å². The van der Waals surface area contributed by atoms with Crippen LogP contribution < -0.4 is 4.90 Å². The topological polar surface area (TPSA) is 67.2 Å². The number of unbranched alkanes of at least 4 members (excludes halogenated alkanes) is 1. The van der Waals surface area contributed by atoms with E-state index in [-0.39, 0.29) is 11.7 Å². The predicted molar refractivity (Wildman–Crippen MR) is 137 cm³/mol. The van der Waals surface area contributed by atoms with Gasteiger partial charge in [-0.2, -0.15) is 5.10 Å². The van der Waals surface area contributed by atoms with E-state index in [1.165, 1.54) is 12.1 Å². The van der Waals surface area contributed by atoms with Crippen molar-refractivity contribution < 1.29 is 9.18 Å². The highest BCUT2D eigenvalue weighted by molar-refractivity contribution is 5.91. The van der Waals surface area contributed by atoms with E-state index in [9.17, 15) is 9.18 Å². The van der Waals surface area contributed by atoms with Crippen molar-refractivity contribution in [1.29, 1.82) is 0 Å². The first-order chi connectivity index (χ1) is 17.0. The van der Waals surface area contributed by atoms with Crippen LogP contribution in [0, 0.1) is 18.7 Å². The van der Waals surface area contributed by atoms with Crippen molar-refractivity contribution >= 4 is 22.8 Å². The number of halogens is 1. The predicted octanol–water partition coefficient (Wildman–Crippen LogP) is 5.08. The minimum atomic E-state index is -0.281. The first-order valence-corrected chi connectivity index (χ1v) is 13.0. The molecule has 2 aromatic heterocycles. The second kappa shape index (κ2) is 11.1. The van der Waals surface area contributed by atoms with E-state index in [4.69, 9.17) is 15.1 Å². The Kier molecular flexibility index (Phi) is 7.98. The fourth-order valence-electron chi connectivity index (χ4n) is 4.88. The number of amides is 1. The third-order valence-corrected chi connectivity index (χ3v) is 6.91. The minimum absolute atomic E-state index is 0.125. The molecule has 188 valence electrons. The quantitative estimate of drug-likeness (QED) is 0.427. The van der Waals surface area contributed by atoms with Gasteiger partial charge in [-0.3, -0.25) is 4.79 Å². The van der Waals surface area contributed by atoms with Crippen molar-refractivity contribution in [2.75, 3.05) is 31.1 Å². The van der Waals surface area contributed by atoms with E-state index < -0.39 is 0 Å². The lowest BCUT2D eigenvalue weighted by molar-refractivity contribution is -0.136. The van der Waals surface area contributed by atoms with E-state index in [1.807, 2.05) is 11.8 Å². The zero-order chi connectivity index (χ0) is 24.9. The molecule has 0 N–H and O–H groups in total. The number of fused-ring (bicyclic) bond motifs is 1. The number of benzene rings is 1. The van der Waals surface area contributed by atoms with Crippen LogP contribution in [0.15, 0.2) is 24.3 Å². The van der Waals surface area contributed by atoms with Gasteiger partial charge in [0, 0.05) is 38.5 Å². The lowest BCUT2D eigenvalue weighted by Crippen LogP contribution is -2.50. The fourth-order valence-corrected chi connectivity index (χ4v) is 4.88. The van der Waals surface area contributed by atoms with Gasteiger partial charge in [0.2, 0.25) is 5.91 Å². The van der Waals surface area contributed by atoms with Crippen molar-refractivity contribution in [3.8, 4) is 5.69 Å². The van der Waals surface area contributed by atoms with Crippen LogP contribution >= 0.6 is 0 Å². The molecule has 1 fully saturated rings. The minimum Gasteiger partial charge on any atom is -0.352 e. The van der Waals surface area contributed by atoms with Gasteiger partial charge in [-0.05, 0) is 50.5 Å². The summed E-state index contributed by atoms with van der Waals surface area (Å²) >= 11 is 0. The van der Waals surface area contributed by atoms with Gasteiger partial charge < -0.3 is 9.80 Å². The summed E-state index contributed by atoms with van der Waals surface area (Å²) < 4.78 is 15.3. The van der Waals surface area contributed by atoms with Crippen LogP contribution in [0.3, 0.4) is 0 Å². The van der Waals surface area contributed by atoms with E-state index in [2.05, 4.69) is 25.7 Å². The van der Waals surface area contributed by atoms with E-state index in [1.54, 1.807) is 16.8 Å². The van der Waals surface area contributed by atoms with Crippen LogP contribution in [0.2, 0.25) is 0 Å². The van der Waals surface area contributed by atoms with Gasteiger partial charge in [-0.25, -0.2) is 19.0 Å². The van der Waals surface area contributed by atoms with Crippen molar-refractivity contribution in [2.24, 2.45) is 5.92 Å². The molecule has 0 aliphatic carbocycles. The first kappa shape index (κ1) is 25.1. The van der Waals surface area contributed by atoms with Crippen LogP contribution in [0.25, 0.3) is 16.7 Å². The first-order valence-electron chi connectivity index (χ1n) is 13.0. The maximum absolute atomic E-state index is 13.5. The second-order valence-corrected chi connectivity index (χ2v) is 9.45. The molecule has 0 spiro atoms. The fraction of sp³-hybridized carbons (Fsp3) is 0.556. The van der Waals surface area contributed by atoms with Gasteiger partial charge in [0.25, 0.3) is 0 Å². The molecular weight excluding hydrogens is 443 g/mol. The Hall–Kier alpha value is -3.03. The van der Waals surface area contributed by atoms with Gasteiger partial charge in [-0.1, -0.05) is 33.6 Å². The third kappa shape index (κ3) is 5.31. The molecule has 4 rings (SSSR count). The highest BCUT2D eigenvalue weighted by Crippen LogP contribution is 2.30. The molecule has 3 aromatic rings. The number of rotatable bonds is 9. The standard InChI is InChI=1S/C27H37FN6O/c1-5-8-10-20(7-3)27(35)33-17-15-32(16-18-33)25-24-19(4)31-34(22-13-11-21(28)12-14-22)26(24)30-23(29-25)9-6-2/h11-14,20H,5-10,15-18H2,1-4H3/t20-/m0/s1. The summed E-state index contributed by atoms with van der Waals surface area (Å²) in [7, 11) is 0. The summed E-state index contributed by atoms with van der Waals surface area (Å²) in [5.74, 6) is 1.80. The molecule has 0 radical (unpaired) electrons. The normalized spacial score (nSPS) is 15.1. The summed E-state index contributed by atoms with van der Waals surface area (Å²) in [6.07, 6.45) is 5.79. The molecule has 8 heteroatoms. The van der Waals surface area contributed by atoms with Crippen LogP contribution in [0.4, 0.5) is 10.2 Å². The van der Waals surface area contributed by atoms with Crippen LogP contribution in [-0.4, -0.2) is 56.7 Å². The zero-order valence-electron chi connectivity index (χ0n) is 21.4. The smallest absolute Gasteiger partial charge is 0.225 e. The van der Waals surface area contributed by atoms with Crippen molar-refractivity contribution in [2.45, 2.75) is 66.2 Å². The Balaban J connectivity index is 1.63. The summed E-state index contributed by atoms with van der Waals surface area (Å²) in [5.41, 5.74) is 2.35. The maximum Gasteiger partial charge on any atom is 0.225 e. The number of piperazine rings is 1. The summed E-state index contributed by atoms with van der Waals surface area (Å²) in [6.45, 7) is 11.2. The number of anilines is 1. The van der Waals surface area contributed by atoms with E-state index >= 15 is 0 Å². The molecule has 35 heavy (non-hydrogen) atoms. The van der Waals surface area contributed by atoms with Crippen molar-refractivity contribution in [1.82, 2.24) is 24.6 Å².